The maximum absolute atomic E-state index is 13.0. The number of aryl methyl sites for hydroxylation is 1. The number of nitrogens with zero attached hydrogens (tertiary/aromatic N) is 1. The largest absolute Gasteiger partial charge is 0.457 e. The second-order valence-electron chi connectivity index (χ2n) is 15.5. The van der Waals surface area contributed by atoms with Gasteiger partial charge in [0.2, 0.25) is 18.7 Å². The zero-order valence-electron chi connectivity index (χ0n) is 38.0. The number of hydrogen-bond acceptors (Lipinski definition) is 7. The number of hydrogen-bond donors (Lipinski definition) is 4. The van der Waals surface area contributed by atoms with Crippen LogP contribution in [-0.2, 0) is 33.5 Å². The van der Waals surface area contributed by atoms with Crippen LogP contribution in [0.3, 0.4) is 0 Å². The van der Waals surface area contributed by atoms with Crippen molar-refractivity contribution in [3.63, 3.8) is 0 Å². The van der Waals surface area contributed by atoms with Gasteiger partial charge in [0.1, 0.15) is 23.8 Å². The van der Waals surface area contributed by atoms with E-state index < -0.39 is 11.7 Å². The van der Waals surface area contributed by atoms with E-state index in [0.717, 1.165) is 83.8 Å². The van der Waals surface area contributed by atoms with Crippen LogP contribution in [0.25, 0.3) is 10.8 Å². The molecule has 0 aromatic heterocycles. The molecule has 0 aliphatic heterocycles. The Bertz CT molecular complexity index is 2320. The Labute approximate surface area is 386 Å². The molecule has 5 aromatic rings. The predicted molar refractivity (Wildman–Crippen MR) is 256 cm³/mol. The number of likely N-dealkylation sites (N-methyl/N-ethyl adjacent to an activating group) is 2. The van der Waals surface area contributed by atoms with Crippen molar-refractivity contribution in [2.75, 3.05) is 26.0 Å². The van der Waals surface area contributed by atoms with Gasteiger partial charge in [0, 0.05) is 49.4 Å². The van der Waals surface area contributed by atoms with Gasteiger partial charge < -0.3 is 31.3 Å². The van der Waals surface area contributed by atoms with E-state index in [0.29, 0.717) is 36.4 Å². The van der Waals surface area contributed by atoms with Gasteiger partial charge >= 0.3 is 6.18 Å². The summed E-state index contributed by atoms with van der Waals surface area (Å²) in [6.45, 7) is 6.87. The van der Waals surface area contributed by atoms with Gasteiger partial charge in [-0.15, -0.1) is 6.58 Å². The molecule has 0 spiro atoms. The third-order valence-electron chi connectivity index (χ3n) is 10.8. The average Bonchev–Trinajstić information content (AvgIpc) is 3.32. The fourth-order valence-corrected chi connectivity index (χ4v) is 7.07. The Morgan fingerprint density at radius 2 is 1.48 bits per heavy atom. The van der Waals surface area contributed by atoms with Crippen LogP contribution in [0.4, 0.5) is 18.9 Å². The summed E-state index contributed by atoms with van der Waals surface area (Å²) in [4.78, 5) is 55.8. The van der Waals surface area contributed by atoms with E-state index in [1.54, 1.807) is 50.5 Å². The zero-order valence-corrected chi connectivity index (χ0v) is 38.0. The van der Waals surface area contributed by atoms with Crippen molar-refractivity contribution >= 4 is 47.4 Å². The number of rotatable bonds is 23. The third kappa shape index (κ3) is 17.9. The van der Waals surface area contributed by atoms with Gasteiger partial charge in [0.15, 0.2) is 0 Å². The average molecular weight is 910 g/mol. The predicted octanol–water partition coefficient (Wildman–Crippen LogP) is 10.3. The number of carbonyl (C=O) groups is 5. The summed E-state index contributed by atoms with van der Waals surface area (Å²) >= 11 is 0. The topological polar surface area (TPSA) is 160 Å². The first-order valence-electron chi connectivity index (χ1n) is 22.0. The molecule has 0 aliphatic rings. The summed E-state index contributed by atoms with van der Waals surface area (Å²) < 4.78 is 44.6. The van der Waals surface area contributed by atoms with Crippen LogP contribution in [-0.4, -0.2) is 62.5 Å². The number of nitrogens with two attached hydrogens (primary N) is 1. The fraction of sp³-hybridized carbons (Fsp3) is 0.327. The summed E-state index contributed by atoms with van der Waals surface area (Å²) in [5, 5.41) is 10.5. The van der Waals surface area contributed by atoms with Crippen LogP contribution >= 0.6 is 0 Å². The van der Waals surface area contributed by atoms with E-state index >= 15 is 0 Å². The van der Waals surface area contributed by atoms with Crippen LogP contribution in [0.5, 0.6) is 11.5 Å². The molecular weight excluding hydrogens is 848 g/mol. The number of primary amides is 1. The molecule has 66 heavy (non-hydrogen) atoms. The lowest BCUT2D eigenvalue weighted by molar-refractivity contribution is -0.137. The summed E-state index contributed by atoms with van der Waals surface area (Å²) in [5.74, 6) is 0.450. The van der Waals surface area contributed by atoms with E-state index in [2.05, 4.69) is 40.4 Å². The number of unbranched alkanes of at least 4 members (excludes halogenated alkanes) is 6. The number of aldehydes is 1. The normalized spacial score (nSPS) is 11.1. The number of alkyl halides is 3. The lowest BCUT2D eigenvalue weighted by Gasteiger charge is -2.22. The van der Waals surface area contributed by atoms with Gasteiger partial charge in [-0.1, -0.05) is 86.7 Å². The Hall–Kier alpha value is -6.96. The molecule has 0 heterocycles. The van der Waals surface area contributed by atoms with E-state index in [-0.39, 0.29) is 24.3 Å². The zero-order chi connectivity index (χ0) is 48.3. The van der Waals surface area contributed by atoms with Crippen molar-refractivity contribution in [3.8, 4) is 11.5 Å². The fourth-order valence-electron chi connectivity index (χ4n) is 7.07. The van der Waals surface area contributed by atoms with Gasteiger partial charge in [-0.25, -0.2) is 0 Å². The minimum absolute atomic E-state index is 0.142. The number of benzene rings is 5. The lowest BCUT2D eigenvalue weighted by atomic mass is 10.0. The molecule has 11 nitrogen and oxygen atoms in total. The molecule has 1 unspecified atom stereocenters. The molecule has 0 radical (unpaired) electrons. The molecular formula is C52H62F3N5O6. The van der Waals surface area contributed by atoms with Crippen molar-refractivity contribution in [3.05, 3.63) is 149 Å². The Morgan fingerprint density at radius 3 is 2.14 bits per heavy atom. The minimum atomic E-state index is -4.41. The number of anilines is 1. The van der Waals surface area contributed by atoms with Crippen LogP contribution in [0.15, 0.2) is 116 Å². The number of halogens is 3. The van der Waals surface area contributed by atoms with Crippen molar-refractivity contribution in [1.82, 2.24) is 15.5 Å². The van der Waals surface area contributed by atoms with Gasteiger partial charge in [0.25, 0.3) is 5.91 Å². The summed E-state index contributed by atoms with van der Waals surface area (Å²) in [5.41, 5.74) is 9.04. The van der Waals surface area contributed by atoms with Crippen LogP contribution in [0.1, 0.15) is 101 Å². The highest BCUT2D eigenvalue weighted by Crippen LogP contribution is 2.34. The minimum Gasteiger partial charge on any atom is -0.457 e. The van der Waals surface area contributed by atoms with Crippen LogP contribution in [0, 0.1) is 6.92 Å². The molecule has 0 aliphatic carbocycles. The Kier molecular flexibility index (Phi) is 23.3. The van der Waals surface area contributed by atoms with Gasteiger partial charge in [-0.3, -0.25) is 24.0 Å². The van der Waals surface area contributed by atoms with E-state index in [4.69, 9.17) is 9.53 Å². The van der Waals surface area contributed by atoms with Crippen molar-refractivity contribution in [2.45, 2.75) is 89.9 Å². The third-order valence-corrected chi connectivity index (χ3v) is 10.8. The summed E-state index contributed by atoms with van der Waals surface area (Å²) in [6.07, 6.45) is 9.76. The molecule has 0 bridgehead atoms. The number of nitrogens with one attached hydrogen (secondary N) is 3. The van der Waals surface area contributed by atoms with Crippen LogP contribution < -0.4 is 26.4 Å². The van der Waals surface area contributed by atoms with Crippen LogP contribution in [0.2, 0.25) is 0 Å². The number of ether oxygens (including phenoxy) is 1. The SMILES string of the molecule is C=CCCC(C(=O)NC)N(C)C=O.Cc1c(C=O)cccc1NCCCCCCCCCc1cccc(CNC(=O)c2ccc3c(Oc4ccc(C(F)(F)F)cc4)cccc3c2)c1.NC=O. The molecule has 1 atom stereocenters. The highest BCUT2D eigenvalue weighted by atomic mass is 19.4. The molecule has 5 N–H and O–H groups in total. The van der Waals surface area contributed by atoms with Gasteiger partial charge in [-0.2, -0.15) is 13.2 Å². The first-order valence-corrected chi connectivity index (χ1v) is 22.0. The molecule has 4 amide bonds. The highest BCUT2D eigenvalue weighted by Gasteiger charge is 2.30. The lowest BCUT2D eigenvalue weighted by Crippen LogP contribution is -2.43. The first-order chi connectivity index (χ1) is 31.8. The molecule has 14 heteroatoms. The summed E-state index contributed by atoms with van der Waals surface area (Å²) in [6, 6.07) is 29.0. The maximum atomic E-state index is 13.0. The molecule has 352 valence electrons. The molecule has 5 rings (SSSR count). The first kappa shape index (κ1) is 53.4. The Morgan fingerprint density at radius 1 is 0.833 bits per heavy atom. The number of carbonyl (C=O) groups excluding carboxylic acids is 5. The molecule has 0 saturated carbocycles. The monoisotopic (exact) mass is 909 g/mol. The van der Waals surface area contributed by atoms with Gasteiger partial charge in [0.05, 0.1) is 5.56 Å². The molecule has 0 saturated heterocycles. The number of amides is 4. The van der Waals surface area contributed by atoms with Crippen molar-refractivity contribution in [1.29, 1.82) is 0 Å². The standard InChI is InChI=1S/C42H43F3N2O3.C9H16N2O2.CH3NO/c1-30-35(29-48)16-10-17-39(30)46-25-8-6-4-2-3-5-7-12-31-13-9-14-32(26-31)28-47-41(49)34-19-24-38-33(27-34)15-11-18-40(38)50-37-22-20-36(21-23-37)42(43,44)45;1-4-5-6-8(9(13)10-2)11(3)7-12;2-1-3/h9-11,13-24,26-27,29,46H,2-8,12,25,28H2,1H3,(H,47,49);4,7-8H,1,5-6H2,2-3H3,(H,10,13);1H,(H2,2,3). The maximum Gasteiger partial charge on any atom is 0.416 e. The quantitative estimate of drug-likeness (QED) is 0.0288. The van der Waals surface area contributed by atoms with Crippen molar-refractivity contribution in [2.24, 2.45) is 5.73 Å². The smallest absolute Gasteiger partial charge is 0.416 e. The second-order valence-corrected chi connectivity index (χ2v) is 15.5. The van der Waals surface area contributed by atoms with E-state index in [9.17, 15) is 32.3 Å². The number of allylic oxidation sites excluding steroid dienone is 1. The highest BCUT2D eigenvalue weighted by molar-refractivity contribution is 6.00. The van der Waals surface area contributed by atoms with Gasteiger partial charge in [-0.05, 0) is 116 Å². The van der Waals surface area contributed by atoms with Crippen molar-refractivity contribution < 1.29 is 41.9 Å². The van der Waals surface area contributed by atoms with E-state index in [1.165, 1.54) is 54.7 Å². The molecule has 0 fully saturated rings. The number of fused-ring (bicyclic) bond motifs is 1. The summed E-state index contributed by atoms with van der Waals surface area (Å²) in [7, 11) is 3.15. The second kappa shape index (κ2) is 28.8. The Balaban J connectivity index is 0.000000618. The molecule has 5 aromatic carbocycles. The van der Waals surface area contributed by atoms with E-state index in [1.807, 2.05) is 43.3 Å².